The van der Waals surface area contributed by atoms with Crippen molar-refractivity contribution in [3.8, 4) is 0 Å². The molecule has 1 heterocycles. The van der Waals surface area contributed by atoms with Crippen LogP contribution < -0.4 is 5.73 Å². The van der Waals surface area contributed by atoms with E-state index in [4.69, 9.17) is 10.5 Å². The third-order valence-corrected chi connectivity index (χ3v) is 6.11. The zero-order chi connectivity index (χ0) is 22.7. The number of hydrogen-bond donors (Lipinski definition) is 1. The minimum absolute atomic E-state index is 0.200. The van der Waals surface area contributed by atoms with Crippen LogP contribution in [0.2, 0.25) is 0 Å². The fraction of sp³-hybridized carbons (Fsp3) is 0.417. The summed E-state index contributed by atoms with van der Waals surface area (Å²) < 4.78 is 49.4. The number of alkyl halides is 1. The Morgan fingerprint density at radius 3 is 2.62 bits per heavy atom. The van der Waals surface area contributed by atoms with Crippen LogP contribution in [0.15, 0.2) is 53.6 Å². The van der Waals surface area contributed by atoms with Gasteiger partial charge in [-0.3, -0.25) is 4.79 Å². The van der Waals surface area contributed by atoms with Crippen molar-refractivity contribution in [3.63, 3.8) is 0 Å². The van der Waals surface area contributed by atoms with Crippen molar-refractivity contribution in [1.82, 2.24) is 5.01 Å². The summed E-state index contributed by atoms with van der Waals surface area (Å²) in [7, 11) is 0. The van der Waals surface area contributed by atoms with E-state index in [1.54, 1.807) is 24.3 Å². The van der Waals surface area contributed by atoms with Gasteiger partial charge in [-0.05, 0) is 44.0 Å². The summed E-state index contributed by atoms with van der Waals surface area (Å²) in [5.41, 5.74) is 4.73. The molecule has 1 amide bonds. The van der Waals surface area contributed by atoms with Crippen LogP contribution in [0, 0.1) is 17.6 Å². The van der Waals surface area contributed by atoms with E-state index in [1.165, 1.54) is 0 Å². The smallest absolute Gasteiger partial charge is 0.252 e. The average Bonchev–Trinajstić information content (AvgIpc) is 3.20. The molecular formula is C24H26F3N3O2. The molecular weight excluding hydrogens is 419 g/mol. The van der Waals surface area contributed by atoms with Crippen LogP contribution in [0.1, 0.15) is 49.7 Å². The number of ether oxygens (including phenoxy) is 1. The highest BCUT2D eigenvalue weighted by Crippen LogP contribution is 2.43. The van der Waals surface area contributed by atoms with Gasteiger partial charge < -0.3 is 10.5 Å². The number of benzene rings is 2. The first-order chi connectivity index (χ1) is 15.5. The third kappa shape index (κ3) is 4.11. The number of halogens is 3. The molecule has 3 unspecified atom stereocenters. The summed E-state index contributed by atoms with van der Waals surface area (Å²) in [6, 6.07) is 11.9. The van der Waals surface area contributed by atoms with E-state index in [-0.39, 0.29) is 17.9 Å². The lowest BCUT2D eigenvalue weighted by molar-refractivity contribution is -0.160. The van der Waals surface area contributed by atoms with E-state index in [9.17, 15) is 18.0 Å². The molecule has 2 aromatic rings. The second-order valence-electron chi connectivity index (χ2n) is 8.23. The van der Waals surface area contributed by atoms with Gasteiger partial charge in [0.15, 0.2) is 0 Å². The molecule has 3 atom stereocenters. The lowest BCUT2D eigenvalue weighted by Gasteiger charge is -2.38. The molecule has 2 N–H and O–H groups in total. The predicted octanol–water partition coefficient (Wildman–Crippen LogP) is 4.61. The van der Waals surface area contributed by atoms with Crippen molar-refractivity contribution in [3.05, 3.63) is 71.3 Å². The maximum Gasteiger partial charge on any atom is 0.252 e. The van der Waals surface area contributed by atoms with Crippen molar-refractivity contribution >= 4 is 11.8 Å². The van der Waals surface area contributed by atoms with Gasteiger partial charge in [0, 0.05) is 12.0 Å². The largest absolute Gasteiger partial charge is 0.443 e. The quantitative estimate of drug-likeness (QED) is 0.706. The fourth-order valence-corrected chi connectivity index (χ4v) is 4.44. The Morgan fingerprint density at radius 2 is 1.91 bits per heavy atom. The summed E-state index contributed by atoms with van der Waals surface area (Å²) in [6.45, 7) is 0.318. The van der Waals surface area contributed by atoms with Gasteiger partial charge in [-0.1, -0.05) is 43.2 Å². The molecule has 1 aliphatic carbocycles. The average molecular weight is 445 g/mol. The lowest BCUT2D eigenvalue weighted by atomic mass is 9.85. The van der Waals surface area contributed by atoms with Gasteiger partial charge in [0.1, 0.15) is 17.8 Å². The van der Waals surface area contributed by atoms with Crippen molar-refractivity contribution in [2.75, 3.05) is 6.54 Å². The SMILES string of the molecule is NCCCC1(c2ccccc2)OC(c2cc(F)ccc2F)=NN1C(=O)C1CCCCC1F. The zero-order valence-corrected chi connectivity index (χ0v) is 17.6. The molecule has 2 aliphatic rings. The molecule has 0 spiro atoms. The van der Waals surface area contributed by atoms with E-state index in [0.29, 0.717) is 31.4 Å². The number of nitrogens with zero attached hydrogens (tertiary/aromatic N) is 2. The molecule has 2 aromatic carbocycles. The van der Waals surface area contributed by atoms with E-state index < -0.39 is 35.4 Å². The first-order valence-electron chi connectivity index (χ1n) is 10.9. The molecule has 0 bridgehead atoms. The lowest BCUT2D eigenvalue weighted by Crippen LogP contribution is -2.49. The number of nitrogens with two attached hydrogens (primary N) is 1. The zero-order valence-electron chi connectivity index (χ0n) is 17.6. The van der Waals surface area contributed by atoms with E-state index in [2.05, 4.69) is 5.10 Å². The van der Waals surface area contributed by atoms with Gasteiger partial charge in [-0.25, -0.2) is 13.2 Å². The highest BCUT2D eigenvalue weighted by Gasteiger charge is 2.52. The van der Waals surface area contributed by atoms with Crippen LogP contribution in [0.4, 0.5) is 13.2 Å². The van der Waals surface area contributed by atoms with Crippen molar-refractivity contribution in [2.45, 2.75) is 50.4 Å². The van der Waals surface area contributed by atoms with Gasteiger partial charge in [0.05, 0.1) is 11.5 Å². The minimum Gasteiger partial charge on any atom is -0.443 e. The van der Waals surface area contributed by atoms with Crippen LogP contribution in [-0.4, -0.2) is 29.5 Å². The summed E-state index contributed by atoms with van der Waals surface area (Å²) in [5, 5.41) is 5.46. The number of hydrogen-bond acceptors (Lipinski definition) is 4. The number of amides is 1. The van der Waals surface area contributed by atoms with Crippen molar-refractivity contribution in [2.24, 2.45) is 16.8 Å². The molecule has 170 valence electrons. The Hall–Kier alpha value is -2.87. The van der Waals surface area contributed by atoms with E-state index >= 15 is 0 Å². The number of carbonyl (C=O) groups excluding carboxylic acids is 1. The maximum atomic E-state index is 14.7. The Balaban J connectivity index is 1.83. The molecule has 1 aliphatic heterocycles. The third-order valence-electron chi connectivity index (χ3n) is 6.11. The van der Waals surface area contributed by atoms with Crippen LogP contribution in [-0.2, 0) is 15.3 Å². The molecule has 0 saturated heterocycles. The Morgan fingerprint density at radius 1 is 1.16 bits per heavy atom. The number of carbonyl (C=O) groups is 1. The topological polar surface area (TPSA) is 67.9 Å². The normalized spacial score (nSPS) is 25.4. The highest BCUT2D eigenvalue weighted by atomic mass is 19.1. The molecule has 1 fully saturated rings. The maximum absolute atomic E-state index is 14.7. The van der Waals surface area contributed by atoms with Gasteiger partial charge in [0.2, 0.25) is 11.6 Å². The first-order valence-corrected chi connectivity index (χ1v) is 10.9. The van der Waals surface area contributed by atoms with Gasteiger partial charge in [-0.2, -0.15) is 5.01 Å². The van der Waals surface area contributed by atoms with Gasteiger partial charge >= 0.3 is 0 Å². The van der Waals surface area contributed by atoms with Crippen molar-refractivity contribution < 1.29 is 22.7 Å². The van der Waals surface area contributed by atoms with E-state index in [1.807, 2.05) is 6.07 Å². The number of hydrazone groups is 1. The fourth-order valence-electron chi connectivity index (χ4n) is 4.44. The van der Waals surface area contributed by atoms with Gasteiger partial charge in [0.25, 0.3) is 5.91 Å². The van der Waals surface area contributed by atoms with Crippen LogP contribution >= 0.6 is 0 Å². The Labute approximate surface area is 185 Å². The molecule has 0 radical (unpaired) electrons. The number of rotatable bonds is 6. The first kappa shape index (κ1) is 22.3. The molecule has 0 aromatic heterocycles. The molecule has 5 nitrogen and oxygen atoms in total. The summed E-state index contributed by atoms with van der Waals surface area (Å²) in [6.07, 6.45) is 1.61. The Bertz CT molecular complexity index is 1000. The molecule has 1 saturated carbocycles. The standard InChI is InChI=1S/C24H26F3N3O2/c25-17-11-12-21(27)19(15-17)22-29-30(23(31)18-9-4-5-10-20(18)26)24(32-22,13-6-14-28)16-7-2-1-3-8-16/h1-3,7-8,11-12,15,18,20H,4-6,9-10,13-14,28H2. The van der Waals surface area contributed by atoms with Crippen LogP contribution in [0.5, 0.6) is 0 Å². The van der Waals surface area contributed by atoms with Gasteiger partial charge in [-0.15, -0.1) is 5.10 Å². The van der Waals surface area contributed by atoms with Crippen molar-refractivity contribution in [1.29, 1.82) is 0 Å². The summed E-state index contributed by atoms with van der Waals surface area (Å²) >= 11 is 0. The Kier molecular flexibility index (Phi) is 6.50. The van der Waals surface area contributed by atoms with Crippen LogP contribution in [0.25, 0.3) is 0 Å². The molecule has 8 heteroatoms. The highest BCUT2D eigenvalue weighted by molar-refractivity contribution is 5.97. The second kappa shape index (κ2) is 9.32. The second-order valence-corrected chi connectivity index (χ2v) is 8.23. The summed E-state index contributed by atoms with van der Waals surface area (Å²) in [4.78, 5) is 13.6. The predicted molar refractivity (Wildman–Crippen MR) is 114 cm³/mol. The molecule has 4 rings (SSSR count). The summed E-state index contributed by atoms with van der Waals surface area (Å²) in [5.74, 6) is -3.01. The minimum atomic E-state index is -1.43. The monoisotopic (exact) mass is 445 g/mol. The van der Waals surface area contributed by atoms with E-state index in [0.717, 1.165) is 36.0 Å². The molecule has 32 heavy (non-hydrogen) atoms. The van der Waals surface area contributed by atoms with Crippen LogP contribution in [0.3, 0.4) is 0 Å².